The highest BCUT2D eigenvalue weighted by molar-refractivity contribution is 5.95. The minimum Gasteiger partial charge on any atom is -0.457 e. The standard InChI is InChI=1S/C19H16N2O3/c20-19(23)18(13-6-2-1-3-7-13)21-17(22)11-10-15-12-14-8-4-5-9-16(14)24-15/h1-12,18H,(H2,20,23)(H,21,22)/b11-10+. The highest BCUT2D eigenvalue weighted by atomic mass is 16.3. The molecule has 1 heterocycles. The highest BCUT2D eigenvalue weighted by Gasteiger charge is 2.18. The van der Waals surface area contributed by atoms with Gasteiger partial charge in [-0.3, -0.25) is 9.59 Å². The molecule has 0 aliphatic carbocycles. The first-order valence-corrected chi connectivity index (χ1v) is 7.45. The number of primary amides is 1. The first-order valence-electron chi connectivity index (χ1n) is 7.45. The van der Waals surface area contributed by atoms with Gasteiger partial charge in [0.1, 0.15) is 17.4 Å². The zero-order chi connectivity index (χ0) is 16.9. The Morgan fingerprint density at radius 2 is 1.75 bits per heavy atom. The van der Waals surface area contributed by atoms with Gasteiger partial charge >= 0.3 is 0 Å². The van der Waals surface area contributed by atoms with Crippen molar-refractivity contribution in [2.24, 2.45) is 5.73 Å². The molecule has 0 spiro atoms. The van der Waals surface area contributed by atoms with Crippen LogP contribution in [-0.2, 0) is 9.59 Å². The van der Waals surface area contributed by atoms with E-state index >= 15 is 0 Å². The molecule has 1 atom stereocenters. The summed E-state index contributed by atoms with van der Waals surface area (Å²) in [4.78, 5) is 23.7. The van der Waals surface area contributed by atoms with Crippen LogP contribution in [0.5, 0.6) is 0 Å². The summed E-state index contributed by atoms with van der Waals surface area (Å²) in [6.45, 7) is 0. The third-order valence-corrected chi connectivity index (χ3v) is 3.55. The number of rotatable bonds is 5. The SMILES string of the molecule is NC(=O)C(NC(=O)/C=C/c1cc2ccccc2o1)c1ccccc1. The molecule has 120 valence electrons. The van der Waals surface area contributed by atoms with Gasteiger partial charge in [0.2, 0.25) is 11.8 Å². The summed E-state index contributed by atoms with van der Waals surface area (Å²) in [6, 6.07) is 17.4. The van der Waals surface area contributed by atoms with Crippen LogP contribution in [0, 0.1) is 0 Å². The quantitative estimate of drug-likeness (QED) is 0.709. The molecule has 5 heteroatoms. The first kappa shape index (κ1) is 15.6. The summed E-state index contributed by atoms with van der Waals surface area (Å²) >= 11 is 0. The Hall–Kier alpha value is -3.34. The number of hydrogen-bond acceptors (Lipinski definition) is 3. The molecule has 24 heavy (non-hydrogen) atoms. The Kier molecular flexibility index (Phi) is 4.43. The van der Waals surface area contributed by atoms with Crippen molar-refractivity contribution < 1.29 is 14.0 Å². The van der Waals surface area contributed by atoms with E-state index in [1.54, 1.807) is 30.3 Å². The lowest BCUT2D eigenvalue weighted by Crippen LogP contribution is -2.36. The third kappa shape index (κ3) is 3.52. The molecule has 0 saturated heterocycles. The van der Waals surface area contributed by atoms with Gasteiger partial charge in [-0.2, -0.15) is 0 Å². The van der Waals surface area contributed by atoms with E-state index in [9.17, 15) is 9.59 Å². The molecule has 1 aromatic heterocycles. The molecule has 0 aliphatic heterocycles. The fraction of sp³-hybridized carbons (Fsp3) is 0.0526. The Morgan fingerprint density at radius 3 is 2.46 bits per heavy atom. The lowest BCUT2D eigenvalue weighted by atomic mass is 10.1. The predicted molar refractivity (Wildman–Crippen MR) is 91.8 cm³/mol. The van der Waals surface area contributed by atoms with Gasteiger partial charge in [-0.05, 0) is 23.8 Å². The maximum absolute atomic E-state index is 12.1. The van der Waals surface area contributed by atoms with Crippen molar-refractivity contribution >= 4 is 28.9 Å². The molecule has 0 radical (unpaired) electrons. The zero-order valence-corrected chi connectivity index (χ0v) is 12.8. The molecular weight excluding hydrogens is 304 g/mol. The molecule has 2 amide bonds. The van der Waals surface area contributed by atoms with E-state index in [2.05, 4.69) is 5.32 Å². The number of nitrogens with one attached hydrogen (secondary N) is 1. The number of carbonyl (C=O) groups is 2. The van der Waals surface area contributed by atoms with Crippen LogP contribution < -0.4 is 11.1 Å². The van der Waals surface area contributed by atoms with Crippen LogP contribution in [0.25, 0.3) is 17.0 Å². The van der Waals surface area contributed by atoms with Gasteiger partial charge in [0.15, 0.2) is 0 Å². The summed E-state index contributed by atoms with van der Waals surface area (Å²) in [5.41, 5.74) is 6.76. The van der Waals surface area contributed by atoms with Crippen LogP contribution >= 0.6 is 0 Å². The van der Waals surface area contributed by atoms with Gasteiger partial charge in [0.05, 0.1) is 0 Å². The first-order chi connectivity index (χ1) is 11.6. The summed E-state index contributed by atoms with van der Waals surface area (Å²) in [5.74, 6) is -0.489. The molecule has 3 rings (SSSR count). The fourth-order valence-corrected chi connectivity index (χ4v) is 2.40. The number of para-hydroxylation sites is 1. The van der Waals surface area contributed by atoms with Crippen molar-refractivity contribution in [1.82, 2.24) is 5.32 Å². The molecule has 2 aromatic carbocycles. The van der Waals surface area contributed by atoms with Crippen LogP contribution in [-0.4, -0.2) is 11.8 Å². The van der Waals surface area contributed by atoms with Crippen molar-refractivity contribution in [2.45, 2.75) is 6.04 Å². The van der Waals surface area contributed by atoms with Crippen molar-refractivity contribution in [2.75, 3.05) is 0 Å². The second kappa shape index (κ2) is 6.83. The van der Waals surface area contributed by atoms with Crippen LogP contribution in [0.4, 0.5) is 0 Å². The van der Waals surface area contributed by atoms with Crippen LogP contribution in [0.3, 0.4) is 0 Å². The maximum Gasteiger partial charge on any atom is 0.245 e. The Morgan fingerprint density at radius 1 is 1.04 bits per heavy atom. The molecule has 5 nitrogen and oxygen atoms in total. The van der Waals surface area contributed by atoms with Crippen LogP contribution in [0.15, 0.2) is 71.2 Å². The van der Waals surface area contributed by atoms with Gasteiger partial charge in [-0.15, -0.1) is 0 Å². The number of nitrogens with two attached hydrogens (primary N) is 1. The number of carbonyl (C=O) groups excluding carboxylic acids is 2. The number of furan rings is 1. The molecule has 3 N–H and O–H groups in total. The largest absolute Gasteiger partial charge is 0.457 e. The van der Waals surface area contributed by atoms with E-state index < -0.39 is 17.9 Å². The normalized spacial score (nSPS) is 12.3. The maximum atomic E-state index is 12.1. The average molecular weight is 320 g/mol. The van der Waals surface area contributed by atoms with E-state index in [1.165, 1.54) is 6.08 Å². The molecule has 3 aromatic rings. The summed E-state index contributed by atoms with van der Waals surface area (Å²) in [7, 11) is 0. The van der Waals surface area contributed by atoms with Crippen molar-refractivity contribution in [3.63, 3.8) is 0 Å². The number of fused-ring (bicyclic) bond motifs is 1. The second-order valence-corrected chi connectivity index (χ2v) is 5.27. The predicted octanol–water partition coefficient (Wildman–Crippen LogP) is 2.79. The van der Waals surface area contributed by atoms with Crippen LogP contribution in [0.1, 0.15) is 17.4 Å². The molecule has 0 saturated carbocycles. The molecule has 1 unspecified atom stereocenters. The van der Waals surface area contributed by atoms with Gasteiger partial charge in [-0.1, -0.05) is 48.5 Å². The fourth-order valence-electron chi connectivity index (χ4n) is 2.40. The van der Waals surface area contributed by atoms with E-state index in [0.717, 1.165) is 11.0 Å². The highest BCUT2D eigenvalue weighted by Crippen LogP contribution is 2.19. The average Bonchev–Trinajstić information content (AvgIpc) is 3.01. The zero-order valence-electron chi connectivity index (χ0n) is 12.8. The van der Waals surface area contributed by atoms with Crippen molar-refractivity contribution in [3.8, 4) is 0 Å². The molecular formula is C19H16N2O3. The Balaban J connectivity index is 1.72. The summed E-state index contributed by atoms with van der Waals surface area (Å²) < 4.78 is 5.60. The van der Waals surface area contributed by atoms with Gasteiger partial charge in [-0.25, -0.2) is 0 Å². The van der Waals surface area contributed by atoms with E-state index in [-0.39, 0.29) is 0 Å². The number of hydrogen-bond donors (Lipinski definition) is 2. The number of benzene rings is 2. The lowest BCUT2D eigenvalue weighted by molar-refractivity contribution is -0.125. The Labute approximate surface area is 138 Å². The van der Waals surface area contributed by atoms with Crippen molar-refractivity contribution in [1.29, 1.82) is 0 Å². The monoisotopic (exact) mass is 320 g/mol. The summed E-state index contributed by atoms with van der Waals surface area (Å²) in [5, 5.41) is 3.55. The van der Waals surface area contributed by atoms with Crippen molar-refractivity contribution in [3.05, 3.63) is 78.1 Å². The van der Waals surface area contributed by atoms with E-state index in [4.69, 9.17) is 10.2 Å². The van der Waals surface area contributed by atoms with Crippen LogP contribution in [0.2, 0.25) is 0 Å². The minimum absolute atomic E-state index is 0.428. The Bertz CT molecular complexity index is 864. The smallest absolute Gasteiger partial charge is 0.245 e. The van der Waals surface area contributed by atoms with Gasteiger partial charge < -0.3 is 15.5 Å². The third-order valence-electron chi connectivity index (χ3n) is 3.55. The number of amides is 2. The van der Waals surface area contributed by atoms with E-state index in [0.29, 0.717) is 11.3 Å². The molecule has 0 fully saturated rings. The molecule has 0 aliphatic rings. The summed E-state index contributed by atoms with van der Waals surface area (Å²) in [6.07, 6.45) is 2.87. The van der Waals surface area contributed by atoms with Gasteiger partial charge in [0.25, 0.3) is 0 Å². The van der Waals surface area contributed by atoms with E-state index in [1.807, 2.05) is 36.4 Å². The van der Waals surface area contributed by atoms with Gasteiger partial charge in [0, 0.05) is 11.5 Å². The lowest BCUT2D eigenvalue weighted by Gasteiger charge is -2.14. The molecule has 0 bridgehead atoms. The topological polar surface area (TPSA) is 85.3 Å². The minimum atomic E-state index is -0.876. The second-order valence-electron chi connectivity index (χ2n) is 5.27.